The minimum Gasteiger partial charge on any atom is -0.406 e. The van der Waals surface area contributed by atoms with Crippen LogP contribution in [-0.2, 0) is 9.31 Å². The summed E-state index contributed by atoms with van der Waals surface area (Å²) in [5, 5.41) is 0. The summed E-state index contributed by atoms with van der Waals surface area (Å²) in [4.78, 5) is 0. The highest BCUT2D eigenvalue weighted by atomic mass is 16.6. The van der Waals surface area contributed by atoms with E-state index >= 15 is 0 Å². The molecule has 2 aliphatic rings. The predicted molar refractivity (Wildman–Crippen MR) is 62.7 cm³/mol. The molecule has 1 saturated heterocycles. The summed E-state index contributed by atoms with van der Waals surface area (Å²) in [5.74, 6) is 1.67. The van der Waals surface area contributed by atoms with Crippen molar-refractivity contribution in [2.45, 2.75) is 59.6 Å². The van der Waals surface area contributed by atoms with Crippen LogP contribution in [0.3, 0.4) is 0 Å². The molecule has 1 aliphatic heterocycles. The van der Waals surface area contributed by atoms with Crippen LogP contribution in [0.15, 0.2) is 0 Å². The molecule has 0 aromatic rings. The standard InChI is InChI=1S/C12H23BO2/c1-8-6-10(12(8,3)4)7-11-9(2)14-13(5)15-11/h8-11H,6-7H2,1-5H3. The van der Waals surface area contributed by atoms with Gasteiger partial charge in [-0.2, -0.15) is 0 Å². The van der Waals surface area contributed by atoms with Crippen LogP contribution in [0.2, 0.25) is 6.82 Å². The van der Waals surface area contributed by atoms with Gasteiger partial charge in [0.05, 0.1) is 12.2 Å². The van der Waals surface area contributed by atoms with Gasteiger partial charge in [-0.15, -0.1) is 0 Å². The largest absolute Gasteiger partial charge is 0.454 e. The molecule has 0 bridgehead atoms. The third-order valence-electron chi connectivity index (χ3n) is 4.77. The Morgan fingerprint density at radius 1 is 1.27 bits per heavy atom. The van der Waals surface area contributed by atoms with Crippen LogP contribution in [0, 0.1) is 17.3 Å². The smallest absolute Gasteiger partial charge is 0.406 e. The molecule has 15 heavy (non-hydrogen) atoms. The van der Waals surface area contributed by atoms with Gasteiger partial charge < -0.3 is 9.31 Å². The first-order valence-electron chi connectivity index (χ1n) is 6.22. The van der Waals surface area contributed by atoms with Gasteiger partial charge in [0.2, 0.25) is 0 Å². The lowest BCUT2D eigenvalue weighted by Gasteiger charge is -2.52. The van der Waals surface area contributed by atoms with Gasteiger partial charge in [-0.3, -0.25) is 0 Å². The third-order valence-corrected chi connectivity index (χ3v) is 4.77. The van der Waals surface area contributed by atoms with Crippen molar-refractivity contribution in [2.75, 3.05) is 0 Å². The zero-order chi connectivity index (χ0) is 11.2. The topological polar surface area (TPSA) is 18.5 Å². The van der Waals surface area contributed by atoms with Crippen LogP contribution in [0.4, 0.5) is 0 Å². The molecule has 0 spiro atoms. The van der Waals surface area contributed by atoms with E-state index in [4.69, 9.17) is 9.31 Å². The molecule has 1 heterocycles. The van der Waals surface area contributed by atoms with Gasteiger partial charge in [-0.1, -0.05) is 20.8 Å². The molecule has 2 fully saturated rings. The van der Waals surface area contributed by atoms with Gasteiger partial charge in [0.25, 0.3) is 0 Å². The Balaban J connectivity index is 1.88. The van der Waals surface area contributed by atoms with E-state index in [0.717, 1.165) is 11.8 Å². The molecule has 1 aliphatic carbocycles. The predicted octanol–water partition coefficient (Wildman–Crippen LogP) is 2.98. The van der Waals surface area contributed by atoms with Crippen molar-refractivity contribution in [1.29, 1.82) is 0 Å². The molecule has 0 amide bonds. The van der Waals surface area contributed by atoms with E-state index in [-0.39, 0.29) is 13.2 Å². The Morgan fingerprint density at radius 3 is 2.33 bits per heavy atom. The summed E-state index contributed by atoms with van der Waals surface area (Å²) in [6.07, 6.45) is 3.11. The number of hydrogen-bond donors (Lipinski definition) is 0. The van der Waals surface area contributed by atoms with Crippen LogP contribution in [-0.4, -0.2) is 19.3 Å². The van der Waals surface area contributed by atoms with Crippen LogP contribution in [0.25, 0.3) is 0 Å². The summed E-state index contributed by atoms with van der Waals surface area (Å²) in [5.41, 5.74) is 0.495. The average Bonchev–Trinajstić information content (AvgIpc) is 2.45. The molecule has 0 aromatic carbocycles. The SMILES string of the molecule is CB1OC(C)C(CC2CC(C)C2(C)C)O1. The highest BCUT2D eigenvalue weighted by Crippen LogP contribution is 2.53. The summed E-state index contributed by atoms with van der Waals surface area (Å²) in [6, 6.07) is 0. The minimum absolute atomic E-state index is 0.00869. The molecular formula is C12H23BO2. The zero-order valence-electron chi connectivity index (χ0n) is 10.6. The Labute approximate surface area is 93.9 Å². The zero-order valence-corrected chi connectivity index (χ0v) is 10.6. The van der Waals surface area contributed by atoms with Gasteiger partial charge in [0.15, 0.2) is 0 Å². The first-order chi connectivity index (χ1) is 6.91. The second-order valence-corrected chi connectivity index (χ2v) is 5.97. The molecule has 3 heteroatoms. The van der Waals surface area contributed by atoms with Crippen molar-refractivity contribution in [3.63, 3.8) is 0 Å². The molecule has 1 saturated carbocycles. The van der Waals surface area contributed by atoms with Gasteiger partial charge >= 0.3 is 7.12 Å². The molecule has 0 N–H and O–H groups in total. The third kappa shape index (κ3) is 1.96. The first-order valence-corrected chi connectivity index (χ1v) is 6.22. The van der Waals surface area contributed by atoms with Gasteiger partial charge in [0, 0.05) is 0 Å². The molecule has 0 aromatic heterocycles. The van der Waals surface area contributed by atoms with Crippen molar-refractivity contribution in [3.05, 3.63) is 0 Å². The fourth-order valence-electron chi connectivity index (χ4n) is 2.98. The lowest BCUT2D eigenvalue weighted by atomic mass is 9.54. The maximum absolute atomic E-state index is 5.79. The highest BCUT2D eigenvalue weighted by Gasteiger charge is 2.47. The molecular weight excluding hydrogens is 187 g/mol. The molecule has 4 unspecified atom stereocenters. The number of hydrogen-bond acceptors (Lipinski definition) is 2. The van der Waals surface area contributed by atoms with Crippen LogP contribution in [0.1, 0.15) is 40.5 Å². The summed E-state index contributed by atoms with van der Waals surface area (Å²) in [6.45, 7) is 11.2. The van der Waals surface area contributed by atoms with E-state index in [0.29, 0.717) is 11.5 Å². The monoisotopic (exact) mass is 210 g/mol. The molecule has 0 radical (unpaired) electrons. The Morgan fingerprint density at radius 2 is 1.93 bits per heavy atom. The maximum atomic E-state index is 5.79. The van der Waals surface area contributed by atoms with E-state index in [1.54, 1.807) is 0 Å². The van der Waals surface area contributed by atoms with Crippen molar-refractivity contribution in [1.82, 2.24) is 0 Å². The van der Waals surface area contributed by atoms with Crippen LogP contribution >= 0.6 is 0 Å². The van der Waals surface area contributed by atoms with Crippen LogP contribution < -0.4 is 0 Å². The molecule has 2 rings (SSSR count). The average molecular weight is 210 g/mol. The van der Waals surface area contributed by atoms with E-state index in [1.807, 2.05) is 6.82 Å². The summed E-state index contributed by atoms with van der Waals surface area (Å²) < 4.78 is 11.4. The second kappa shape index (κ2) is 3.78. The Bertz CT molecular complexity index is 242. The minimum atomic E-state index is -0.00869. The highest BCUT2D eigenvalue weighted by molar-refractivity contribution is 6.43. The maximum Gasteiger partial charge on any atom is 0.454 e. The van der Waals surface area contributed by atoms with Gasteiger partial charge in [-0.05, 0) is 43.8 Å². The molecule has 2 nitrogen and oxygen atoms in total. The van der Waals surface area contributed by atoms with E-state index in [2.05, 4.69) is 27.7 Å². The molecule has 4 atom stereocenters. The second-order valence-electron chi connectivity index (χ2n) is 5.97. The fraction of sp³-hybridized carbons (Fsp3) is 1.00. The van der Waals surface area contributed by atoms with Crippen molar-refractivity contribution < 1.29 is 9.31 Å². The van der Waals surface area contributed by atoms with Crippen molar-refractivity contribution >= 4 is 7.12 Å². The lowest BCUT2D eigenvalue weighted by molar-refractivity contribution is -0.0369. The van der Waals surface area contributed by atoms with Crippen LogP contribution in [0.5, 0.6) is 0 Å². The van der Waals surface area contributed by atoms with Crippen molar-refractivity contribution in [2.24, 2.45) is 17.3 Å². The Kier molecular flexibility index (Phi) is 2.89. The molecule has 86 valence electrons. The Hall–Kier alpha value is -0.0151. The van der Waals surface area contributed by atoms with Gasteiger partial charge in [-0.25, -0.2) is 0 Å². The fourth-order valence-corrected chi connectivity index (χ4v) is 2.98. The summed E-state index contributed by atoms with van der Waals surface area (Å²) >= 11 is 0. The number of rotatable bonds is 2. The lowest BCUT2D eigenvalue weighted by Crippen LogP contribution is -2.45. The first kappa shape index (κ1) is 11.5. The van der Waals surface area contributed by atoms with E-state index in [1.165, 1.54) is 12.8 Å². The normalized spacial score (nSPS) is 44.2. The summed E-state index contributed by atoms with van der Waals surface area (Å²) in [7, 11) is -0.00869. The van der Waals surface area contributed by atoms with E-state index < -0.39 is 0 Å². The van der Waals surface area contributed by atoms with Gasteiger partial charge in [0.1, 0.15) is 0 Å². The quantitative estimate of drug-likeness (QED) is 0.652. The van der Waals surface area contributed by atoms with Crippen molar-refractivity contribution in [3.8, 4) is 0 Å². The van der Waals surface area contributed by atoms with E-state index in [9.17, 15) is 0 Å².